The third kappa shape index (κ3) is 2.50. The minimum absolute atomic E-state index is 0.0226. The van der Waals surface area contributed by atoms with E-state index in [-0.39, 0.29) is 24.2 Å². The van der Waals surface area contributed by atoms with Crippen LogP contribution in [-0.2, 0) is 9.59 Å². The maximum absolute atomic E-state index is 11.8. The minimum Gasteiger partial charge on any atom is -0.335 e. The number of piperidine rings is 1. The monoisotopic (exact) mass is 251 g/mol. The Morgan fingerprint density at radius 2 is 2.00 bits per heavy atom. The summed E-state index contributed by atoms with van der Waals surface area (Å²) in [7, 11) is 0. The lowest BCUT2D eigenvalue weighted by Crippen LogP contribution is -2.40. The zero-order valence-corrected chi connectivity index (χ0v) is 10.4. The topological polar surface area (TPSA) is 37.4 Å². The Morgan fingerprint density at radius 3 is 2.65 bits per heavy atom. The van der Waals surface area contributed by atoms with Gasteiger partial charge in [-0.05, 0) is 18.6 Å². The molecule has 1 aromatic rings. The van der Waals surface area contributed by atoms with Crippen molar-refractivity contribution in [3.8, 4) is 0 Å². The van der Waals surface area contributed by atoms with Crippen LogP contribution < -0.4 is 0 Å². The molecule has 4 heteroatoms. The van der Waals surface area contributed by atoms with Crippen LogP contribution in [0.3, 0.4) is 0 Å². The zero-order chi connectivity index (χ0) is 12.4. The SMILES string of the molecule is CC(c1ccccc1Cl)N1CCC(=O)CC1=O. The predicted octanol–water partition coefficient (Wildman–Crippen LogP) is 2.59. The first-order chi connectivity index (χ1) is 8.09. The molecule has 0 spiro atoms. The summed E-state index contributed by atoms with van der Waals surface area (Å²) in [5.41, 5.74) is 0.928. The highest BCUT2D eigenvalue weighted by molar-refractivity contribution is 6.31. The van der Waals surface area contributed by atoms with Crippen molar-refractivity contribution in [2.75, 3.05) is 6.54 Å². The van der Waals surface area contributed by atoms with Gasteiger partial charge in [-0.15, -0.1) is 0 Å². The number of hydrogen-bond donors (Lipinski definition) is 0. The van der Waals surface area contributed by atoms with Crippen LogP contribution in [0.25, 0.3) is 0 Å². The molecule has 3 nitrogen and oxygen atoms in total. The fraction of sp³-hybridized carbons (Fsp3) is 0.385. The molecule has 90 valence electrons. The Balaban J connectivity index is 2.20. The maximum atomic E-state index is 11.8. The number of rotatable bonds is 2. The number of carbonyl (C=O) groups excluding carboxylic acids is 2. The summed E-state index contributed by atoms with van der Waals surface area (Å²) in [4.78, 5) is 24.7. The second-order valence-corrected chi connectivity index (χ2v) is 4.66. The third-order valence-electron chi connectivity index (χ3n) is 3.12. The minimum atomic E-state index is -0.103. The fourth-order valence-corrected chi connectivity index (χ4v) is 2.41. The highest BCUT2D eigenvalue weighted by Gasteiger charge is 2.28. The van der Waals surface area contributed by atoms with Crippen LogP contribution >= 0.6 is 11.6 Å². The smallest absolute Gasteiger partial charge is 0.230 e. The van der Waals surface area contributed by atoms with Crippen LogP contribution in [0.1, 0.15) is 31.4 Å². The molecule has 1 saturated heterocycles. The zero-order valence-electron chi connectivity index (χ0n) is 9.65. The average molecular weight is 252 g/mol. The normalized spacial score (nSPS) is 18.4. The van der Waals surface area contributed by atoms with Crippen molar-refractivity contribution in [3.63, 3.8) is 0 Å². The Bertz CT molecular complexity index is 458. The van der Waals surface area contributed by atoms with Gasteiger partial charge in [0, 0.05) is 18.0 Å². The van der Waals surface area contributed by atoms with Gasteiger partial charge in [-0.2, -0.15) is 0 Å². The van der Waals surface area contributed by atoms with Gasteiger partial charge in [-0.3, -0.25) is 9.59 Å². The first kappa shape index (κ1) is 12.1. The molecule has 1 aromatic carbocycles. The van der Waals surface area contributed by atoms with Crippen LogP contribution in [-0.4, -0.2) is 23.1 Å². The largest absolute Gasteiger partial charge is 0.335 e. The Hall–Kier alpha value is -1.35. The van der Waals surface area contributed by atoms with E-state index in [0.29, 0.717) is 18.0 Å². The lowest BCUT2D eigenvalue weighted by Gasteiger charge is -2.32. The molecule has 0 saturated carbocycles. The third-order valence-corrected chi connectivity index (χ3v) is 3.47. The molecule has 0 aromatic heterocycles. The van der Waals surface area contributed by atoms with Crippen LogP contribution in [0.2, 0.25) is 5.02 Å². The van der Waals surface area contributed by atoms with E-state index in [4.69, 9.17) is 11.6 Å². The van der Waals surface area contributed by atoms with Crippen LogP contribution in [0.4, 0.5) is 0 Å². The second kappa shape index (κ2) is 4.88. The van der Waals surface area contributed by atoms with Gasteiger partial charge in [0.05, 0.1) is 12.5 Å². The predicted molar refractivity (Wildman–Crippen MR) is 65.8 cm³/mol. The molecule has 1 atom stereocenters. The standard InChI is InChI=1S/C13H14ClNO2/c1-9(11-4-2-3-5-12(11)14)15-7-6-10(16)8-13(15)17/h2-5,9H,6-8H2,1H3. The summed E-state index contributed by atoms with van der Waals surface area (Å²) in [6, 6.07) is 7.41. The summed E-state index contributed by atoms with van der Waals surface area (Å²) >= 11 is 6.11. The number of halogens is 1. The van der Waals surface area contributed by atoms with Crippen LogP contribution in [0, 0.1) is 0 Å². The molecule has 2 rings (SSSR count). The Kier molecular flexibility index (Phi) is 3.48. The van der Waals surface area contributed by atoms with E-state index in [1.807, 2.05) is 31.2 Å². The van der Waals surface area contributed by atoms with E-state index in [2.05, 4.69) is 0 Å². The lowest BCUT2D eigenvalue weighted by atomic mass is 10.0. The van der Waals surface area contributed by atoms with E-state index in [1.165, 1.54) is 0 Å². The molecule has 1 aliphatic heterocycles. The number of hydrogen-bond acceptors (Lipinski definition) is 2. The van der Waals surface area contributed by atoms with Crippen LogP contribution in [0.15, 0.2) is 24.3 Å². The molecule has 1 heterocycles. The van der Waals surface area contributed by atoms with E-state index < -0.39 is 0 Å². The van der Waals surface area contributed by atoms with Gasteiger partial charge in [0.25, 0.3) is 0 Å². The number of benzene rings is 1. The fourth-order valence-electron chi connectivity index (χ4n) is 2.12. The van der Waals surface area contributed by atoms with E-state index in [1.54, 1.807) is 4.90 Å². The van der Waals surface area contributed by atoms with Crippen molar-refractivity contribution in [3.05, 3.63) is 34.9 Å². The lowest BCUT2D eigenvalue weighted by molar-refractivity contribution is -0.141. The number of likely N-dealkylation sites (tertiary alicyclic amines) is 1. The van der Waals surface area contributed by atoms with Gasteiger partial charge >= 0.3 is 0 Å². The first-order valence-corrected chi connectivity index (χ1v) is 6.03. The van der Waals surface area contributed by atoms with Gasteiger partial charge in [0.1, 0.15) is 5.78 Å². The molecule has 1 amide bonds. The number of nitrogens with zero attached hydrogens (tertiary/aromatic N) is 1. The highest BCUT2D eigenvalue weighted by atomic mass is 35.5. The first-order valence-electron chi connectivity index (χ1n) is 5.65. The van der Waals surface area contributed by atoms with Crippen molar-refractivity contribution in [1.82, 2.24) is 4.90 Å². The quantitative estimate of drug-likeness (QED) is 0.758. The van der Waals surface area contributed by atoms with Gasteiger partial charge < -0.3 is 4.90 Å². The van der Waals surface area contributed by atoms with E-state index in [9.17, 15) is 9.59 Å². The molecule has 1 aliphatic rings. The molecule has 0 bridgehead atoms. The molecule has 0 radical (unpaired) electrons. The average Bonchev–Trinajstić information content (AvgIpc) is 2.29. The van der Waals surface area contributed by atoms with Crippen molar-refractivity contribution < 1.29 is 9.59 Å². The molecule has 0 aliphatic carbocycles. The Morgan fingerprint density at radius 1 is 1.29 bits per heavy atom. The highest BCUT2D eigenvalue weighted by Crippen LogP contribution is 2.29. The van der Waals surface area contributed by atoms with Crippen LogP contribution in [0.5, 0.6) is 0 Å². The number of ketones is 1. The van der Waals surface area contributed by atoms with Gasteiger partial charge in [0.15, 0.2) is 0 Å². The Labute approximate surface area is 105 Å². The van der Waals surface area contributed by atoms with Gasteiger partial charge in [-0.1, -0.05) is 29.8 Å². The maximum Gasteiger partial charge on any atom is 0.230 e. The van der Waals surface area contributed by atoms with E-state index >= 15 is 0 Å². The van der Waals surface area contributed by atoms with Gasteiger partial charge in [0.2, 0.25) is 5.91 Å². The van der Waals surface area contributed by atoms with Crippen molar-refractivity contribution >= 4 is 23.3 Å². The molecule has 1 fully saturated rings. The summed E-state index contributed by atoms with van der Waals surface area (Å²) in [6.07, 6.45) is 0.468. The van der Waals surface area contributed by atoms with Crippen molar-refractivity contribution in [2.45, 2.75) is 25.8 Å². The summed E-state index contributed by atoms with van der Waals surface area (Å²) in [6.45, 7) is 2.43. The summed E-state index contributed by atoms with van der Waals surface area (Å²) in [5, 5.41) is 0.657. The van der Waals surface area contributed by atoms with Crippen molar-refractivity contribution in [2.24, 2.45) is 0 Å². The molecular weight excluding hydrogens is 238 g/mol. The number of amides is 1. The molecular formula is C13H14ClNO2. The van der Waals surface area contributed by atoms with Gasteiger partial charge in [-0.25, -0.2) is 0 Å². The summed E-state index contributed by atoms with van der Waals surface area (Å²) in [5.74, 6) is -0.0775. The molecule has 1 unspecified atom stereocenters. The molecule has 17 heavy (non-hydrogen) atoms. The van der Waals surface area contributed by atoms with E-state index in [0.717, 1.165) is 5.56 Å². The number of carbonyl (C=O) groups is 2. The van der Waals surface area contributed by atoms with Crippen molar-refractivity contribution in [1.29, 1.82) is 0 Å². The summed E-state index contributed by atoms with van der Waals surface area (Å²) < 4.78 is 0. The number of Topliss-reactive ketones (excluding diaryl/α,β-unsaturated/α-hetero) is 1. The molecule has 0 N–H and O–H groups in total. The second-order valence-electron chi connectivity index (χ2n) is 4.25.